The average molecular weight is 797 g/mol. The quantitative estimate of drug-likeness (QED) is 0.176. The van der Waals surface area contributed by atoms with E-state index in [0.717, 1.165) is 57.1 Å². The van der Waals surface area contributed by atoms with E-state index in [1.54, 1.807) is 0 Å². The fourth-order valence-electron chi connectivity index (χ4n) is 10.0. The van der Waals surface area contributed by atoms with Crippen LogP contribution in [0.3, 0.4) is 0 Å². The summed E-state index contributed by atoms with van der Waals surface area (Å²) in [5.41, 5.74) is 13.9. The van der Waals surface area contributed by atoms with Crippen molar-refractivity contribution in [2.45, 2.75) is 27.7 Å². The average Bonchev–Trinajstić information content (AvgIpc) is 3.83. The predicted octanol–water partition coefficient (Wildman–Crippen LogP) is 15.9. The van der Waals surface area contributed by atoms with E-state index in [9.17, 15) is 0 Å². The standard InChI is InChI=1S/C58H44N4/c1-37-13-9-17-41-25-29-45(33-49(37)41)59-53-21-5-6-22-54(53)60(46-30-26-42-18-10-14-38(2)50(42)34-46)57(59)58-61(47-31-27-43-19-11-15-39(3)51(43)35-47)55-23-7-8-24-56(55)62(58)48-32-28-44-20-12-16-40(4)52(44)36-48/h5-36H,1-4H3. The molecule has 0 spiro atoms. The third-order valence-electron chi connectivity index (χ3n) is 13.1. The van der Waals surface area contributed by atoms with Gasteiger partial charge in [0, 0.05) is 22.7 Å². The van der Waals surface area contributed by atoms with Gasteiger partial charge in [0.2, 0.25) is 0 Å². The highest BCUT2D eigenvalue weighted by molar-refractivity contribution is 6.04. The zero-order chi connectivity index (χ0) is 41.6. The van der Waals surface area contributed by atoms with Gasteiger partial charge in [0.05, 0.1) is 22.7 Å². The van der Waals surface area contributed by atoms with Crippen LogP contribution < -0.4 is 19.6 Å². The Morgan fingerprint density at radius 3 is 0.726 bits per heavy atom. The van der Waals surface area contributed by atoms with Gasteiger partial charge in [-0.15, -0.1) is 0 Å². The molecule has 10 aromatic carbocycles. The number of nitrogens with zero attached hydrogens (tertiary/aromatic N) is 4. The zero-order valence-electron chi connectivity index (χ0n) is 35.3. The number of fused-ring (bicyclic) bond motifs is 6. The van der Waals surface area contributed by atoms with Crippen LogP contribution in [0.25, 0.3) is 43.1 Å². The molecule has 0 amide bonds. The summed E-state index contributed by atoms with van der Waals surface area (Å²) in [5.74, 6) is 2.08. The van der Waals surface area contributed by atoms with Crippen molar-refractivity contribution in [1.29, 1.82) is 0 Å². The van der Waals surface area contributed by atoms with Gasteiger partial charge in [-0.25, -0.2) is 0 Å². The summed E-state index contributed by atoms with van der Waals surface area (Å²) in [7, 11) is 0. The molecule has 0 N–H and O–H groups in total. The SMILES string of the molecule is Cc1cccc2ccc(N3C(=C4N(c5ccc6cccc(C)c6c5)c5ccccc5N4c4ccc5cccc(C)c5c4)N(c4ccc5cccc(C)c5c4)c4ccccc43)cc12. The van der Waals surface area contributed by atoms with Gasteiger partial charge in [0.15, 0.2) is 11.6 Å². The number of aryl methyl sites for hydroxylation is 4. The Bertz CT molecular complexity index is 3050. The van der Waals surface area contributed by atoms with Gasteiger partial charge in [0.25, 0.3) is 0 Å². The fourth-order valence-corrected chi connectivity index (χ4v) is 10.0. The zero-order valence-corrected chi connectivity index (χ0v) is 35.3. The van der Waals surface area contributed by atoms with Crippen molar-refractivity contribution in [3.8, 4) is 0 Å². The molecular weight excluding hydrogens is 753 g/mol. The summed E-state index contributed by atoms with van der Waals surface area (Å²) < 4.78 is 0. The van der Waals surface area contributed by atoms with Crippen LogP contribution in [0, 0.1) is 27.7 Å². The maximum Gasteiger partial charge on any atom is 0.166 e. The van der Waals surface area contributed by atoms with Crippen LogP contribution >= 0.6 is 0 Å². The minimum Gasteiger partial charge on any atom is -0.291 e. The molecule has 0 bridgehead atoms. The third-order valence-corrected chi connectivity index (χ3v) is 13.1. The molecular formula is C58H44N4. The number of hydrogen-bond acceptors (Lipinski definition) is 4. The Balaban J connectivity index is 1.24. The molecule has 62 heavy (non-hydrogen) atoms. The molecule has 0 aliphatic carbocycles. The highest BCUT2D eigenvalue weighted by Crippen LogP contribution is 2.57. The number of benzene rings is 10. The summed E-state index contributed by atoms with van der Waals surface area (Å²) in [6.07, 6.45) is 0. The highest BCUT2D eigenvalue weighted by Gasteiger charge is 2.44. The van der Waals surface area contributed by atoms with Crippen LogP contribution in [0.1, 0.15) is 22.3 Å². The first-order chi connectivity index (χ1) is 30.4. The lowest BCUT2D eigenvalue weighted by Crippen LogP contribution is -2.33. The molecule has 12 rings (SSSR count). The fraction of sp³-hybridized carbons (Fsp3) is 0.0690. The number of rotatable bonds is 4. The second kappa shape index (κ2) is 13.9. The first-order valence-electron chi connectivity index (χ1n) is 21.5. The number of para-hydroxylation sites is 4. The number of anilines is 8. The molecule has 0 fully saturated rings. The summed E-state index contributed by atoms with van der Waals surface area (Å²) in [4.78, 5) is 10.0. The van der Waals surface area contributed by atoms with Gasteiger partial charge in [-0.2, -0.15) is 0 Å². The van der Waals surface area contributed by atoms with Crippen LogP contribution in [-0.4, -0.2) is 0 Å². The Labute approximate surface area is 362 Å². The van der Waals surface area contributed by atoms with E-state index in [0.29, 0.717) is 0 Å². The monoisotopic (exact) mass is 796 g/mol. The predicted molar refractivity (Wildman–Crippen MR) is 263 cm³/mol. The number of hydrogen-bond donors (Lipinski definition) is 0. The van der Waals surface area contributed by atoms with Crippen LogP contribution in [-0.2, 0) is 0 Å². The molecule has 0 saturated carbocycles. The van der Waals surface area contributed by atoms with Crippen molar-refractivity contribution in [2.75, 3.05) is 19.6 Å². The molecule has 0 saturated heterocycles. The molecule has 4 heteroatoms. The maximum absolute atomic E-state index is 2.50. The lowest BCUT2D eigenvalue weighted by atomic mass is 10.0. The van der Waals surface area contributed by atoms with Gasteiger partial charge >= 0.3 is 0 Å². The molecule has 296 valence electrons. The highest BCUT2D eigenvalue weighted by atomic mass is 15.5. The largest absolute Gasteiger partial charge is 0.291 e. The normalized spacial score (nSPS) is 13.6. The first kappa shape index (κ1) is 36.1. The lowest BCUT2D eigenvalue weighted by molar-refractivity contribution is 1.01. The van der Waals surface area contributed by atoms with Crippen LogP contribution in [0.5, 0.6) is 0 Å². The van der Waals surface area contributed by atoms with Crippen molar-refractivity contribution >= 4 is 88.6 Å². The maximum atomic E-state index is 2.50. The van der Waals surface area contributed by atoms with E-state index in [-0.39, 0.29) is 0 Å². The van der Waals surface area contributed by atoms with Crippen molar-refractivity contribution in [2.24, 2.45) is 0 Å². The van der Waals surface area contributed by atoms with E-state index >= 15 is 0 Å². The summed E-state index contributed by atoms with van der Waals surface area (Å²) in [6, 6.07) is 72.0. The van der Waals surface area contributed by atoms with Gasteiger partial charge in [-0.1, -0.05) is 121 Å². The summed E-state index contributed by atoms with van der Waals surface area (Å²) in [6.45, 7) is 8.86. The van der Waals surface area contributed by atoms with Crippen LogP contribution in [0.2, 0.25) is 0 Å². The molecule has 10 aromatic rings. The van der Waals surface area contributed by atoms with E-state index in [2.05, 4.69) is 241 Å². The Morgan fingerprint density at radius 2 is 0.484 bits per heavy atom. The summed E-state index contributed by atoms with van der Waals surface area (Å²) >= 11 is 0. The molecule has 0 radical (unpaired) electrons. The summed E-state index contributed by atoms with van der Waals surface area (Å²) in [5, 5.41) is 9.88. The minimum atomic E-state index is 1.04. The topological polar surface area (TPSA) is 13.0 Å². The second-order valence-corrected chi connectivity index (χ2v) is 16.9. The van der Waals surface area contributed by atoms with Crippen molar-refractivity contribution in [1.82, 2.24) is 0 Å². The van der Waals surface area contributed by atoms with Gasteiger partial charge in [-0.05, 0) is 166 Å². The second-order valence-electron chi connectivity index (χ2n) is 16.9. The molecule has 2 aliphatic heterocycles. The molecule has 0 unspecified atom stereocenters. The lowest BCUT2D eigenvalue weighted by Gasteiger charge is -2.34. The van der Waals surface area contributed by atoms with E-state index in [1.807, 2.05) is 0 Å². The van der Waals surface area contributed by atoms with E-state index < -0.39 is 0 Å². The molecule has 4 nitrogen and oxygen atoms in total. The third kappa shape index (κ3) is 5.46. The van der Waals surface area contributed by atoms with Crippen LogP contribution in [0.4, 0.5) is 45.5 Å². The molecule has 0 aromatic heterocycles. The van der Waals surface area contributed by atoms with Gasteiger partial charge in [-0.3, -0.25) is 19.6 Å². The minimum absolute atomic E-state index is 1.04. The first-order valence-corrected chi connectivity index (χ1v) is 21.5. The van der Waals surface area contributed by atoms with Crippen molar-refractivity contribution in [3.63, 3.8) is 0 Å². The van der Waals surface area contributed by atoms with Crippen LogP contribution in [0.15, 0.2) is 206 Å². The Hall–Kier alpha value is -7.82. The Kier molecular flexibility index (Phi) is 8.07. The van der Waals surface area contributed by atoms with E-state index in [4.69, 9.17) is 0 Å². The van der Waals surface area contributed by atoms with E-state index in [1.165, 1.54) is 65.3 Å². The van der Waals surface area contributed by atoms with Gasteiger partial charge in [0.1, 0.15) is 0 Å². The van der Waals surface area contributed by atoms with Crippen molar-refractivity contribution < 1.29 is 0 Å². The molecule has 2 heterocycles. The molecule has 2 aliphatic rings. The Morgan fingerprint density at radius 1 is 0.242 bits per heavy atom. The van der Waals surface area contributed by atoms with Gasteiger partial charge < -0.3 is 0 Å². The molecule has 0 atom stereocenters. The smallest absolute Gasteiger partial charge is 0.166 e. The van der Waals surface area contributed by atoms with Crippen molar-refractivity contribution in [3.05, 3.63) is 228 Å².